The van der Waals surface area contributed by atoms with Crippen LogP contribution in [0.1, 0.15) is 0 Å². The summed E-state index contributed by atoms with van der Waals surface area (Å²) in [5.41, 5.74) is 2.17. The summed E-state index contributed by atoms with van der Waals surface area (Å²) in [6.07, 6.45) is 1.72. The Bertz CT molecular complexity index is 1030. The summed E-state index contributed by atoms with van der Waals surface area (Å²) in [6, 6.07) is 13.4. The number of amides is 1. The number of benzene rings is 2. The van der Waals surface area contributed by atoms with E-state index in [1.807, 2.05) is 42.5 Å². The van der Waals surface area contributed by atoms with Crippen LogP contribution in [-0.4, -0.2) is 30.6 Å². The Morgan fingerprint density at radius 3 is 3.00 bits per heavy atom. The monoisotopic (exact) mass is 353 g/mol. The maximum Gasteiger partial charge on any atom is 0.234 e. The van der Waals surface area contributed by atoms with Gasteiger partial charge in [-0.1, -0.05) is 42.1 Å². The normalized spacial score (nSPS) is 11.0. The summed E-state index contributed by atoms with van der Waals surface area (Å²) in [4.78, 5) is 12.3. The van der Waals surface area contributed by atoms with E-state index in [4.69, 9.17) is 0 Å². The van der Waals surface area contributed by atoms with E-state index in [1.165, 1.54) is 11.8 Å². The Hall–Kier alpha value is -2.58. The van der Waals surface area contributed by atoms with E-state index in [1.54, 1.807) is 6.20 Å². The largest absolute Gasteiger partial charge is 0.323 e. The average Bonchev–Trinajstić information content (AvgIpc) is 3.10. The minimum Gasteiger partial charge on any atom is -0.323 e. The van der Waals surface area contributed by atoms with Crippen molar-refractivity contribution in [3.63, 3.8) is 0 Å². The molecule has 118 valence electrons. The van der Waals surface area contributed by atoms with E-state index < -0.39 is 0 Å². The topological polar surface area (TPSA) is 80.7 Å². The smallest absolute Gasteiger partial charge is 0.234 e. The van der Waals surface area contributed by atoms with E-state index in [9.17, 15) is 4.79 Å². The Kier molecular flexibility index (Phi) is 4.06. The van der Waals surface area contributed by atoms with Crippen molar-refractivity contribution < 1.29 is 4.79 Å². The first-order valence-corrected chi connectivity index (χ1v) is 8.87. The van der Waals surface area contributed by atoms with Crippen LogP contribution in [0.25, 0.3) is 21.8 Å². The first-order chi connectivity index (χ1) is 11.8. The van der Waals surface area contributed by atoms with E-state index >= 15 is 0 Å². The number of hydrogen-bond donors (Lipinski definition) is 1. The number of fused-ring (bicyclic) bond motifs is 2. The van der Waals surface area contributed by atoms with E-state index in [0.717, 1.165) is 33.0 Å². The molecule has 0 radical (unpaired) electrons. The van der Waals surface area contributed by atoms with Gasteiger partial charge >= 0.3 is 0 Å². The number of carbonyl (C=O) groups is 1. The highest BCUT2D eigenvalue weighted by Crippen LogP contribution is 2.25. The summed E-state index contributed by atoms with van der Waals surface area (Å²) in [7, 11) is 0. The summed E-state index contributed by atoms with van der Waals surface area (Å²) in [5, 5.41) is 13.8. The second-order valence-corrected chi connectivity index (χ2v) is 6.50. The SMILES string of the molecule is O=C(CSc1nncc2ccccc12)Nc1cccc2nsnc12. The number of thioether (sulfide) groups is 1. The highest BCUT2D eigenvalue weighted by Gasteiger charge is 2.11. The van der Waals surface area contributed by atoms with Gasteiger partial charge < -0.3 is 5.32 Å². The Morgan fingerprint density at radius 1 is 1.12 bits per heavy atom. The lowest BCUT2D eigenvalue weighted by atomic mass is 10.2. The minimum atomic E-state index is -0.116. The lowest BCUT2D eigenvalue weighted by molar-refractivity contribution is -0.113. The molecule has 2 aromatic heterocycles. The summed E-state index contributed by atoms with van der Waals surface area (Å²) in [6.45, 7) is 0. The quantitative estimate of drug-likeness (QED) is 0.567. The van der Waals surface area contributed by atoms with Gasteiger partial charge in [0.1, 0.15) is 16.1 Å². The van der Waals surface area contributed by atoms with Crippen LogP contribution < -0.4 is 5.32 Å². The number of aromatic nitrogens is 4. The van der Waals surface area contributed by atoms with Crippen LogP contribution in [-0.2, 0) is 4.79 Å². The standard InChI is InChI=1S/C16H11N5OS2/c22-14(18-12-6-3-7-13-15(12)21-24-20-13)9-23-16-11-5-2-1-4-10(11)8-17-19-16/h1-8H,9H2,(H,18,22). The van der Waals surface area contributed by atoms with Crippen LogP contribution in [0.2, 0.25) is 0 Å². The number of anilines is 1. The molecule has 4 rings (SSSR count). The molecule has 0 saturated heterocycles. The van der Waals surface area contributed by atoms with Crippen LogP contribution in [0.3, 0.4) is 0 Å². The average molecular weight is 353 g/mol. The van der Waals surface area contributed by atoms with Crippen LogP contribution in [0.15, 0.2) is 53.7 Å². The molecule has 2 aromatic carbocycles. The lowest BCUT2D eigenvalue weighted by Gasteiger charge is -2.06. The maximum atomic E-state index is 12.3. The molecule has 0 saturated carbocycles. The number of nitrogens with one attached hydrogen (secondary N) is 1. The van der Waals surface area contributed by atoms with Gasteiger partial charge in [-0.3, -0.25) is 4.79 Å². The predicted molar refractivity (Wildman–Crippen MR) is 96.3 cm³/mol. The maximum absolute atomic E-state index is 12.3. The molecule has 1 amide bonds. The van der Waals surface area contributed by atoms with Gasteiger partial charge in [0, 0.05) is 10.8 Å². The predicted octanol–water partition coefficient (Wildman–Crippen LogP) is 3.37. The number of carbonyl (C=O) groups excluding carboxylic acids is 1. The van der Waals surface area contributed by atoms with Crippen LogP contribution >= 0.6 is 23.5 Å². The third-order valence-electron chi connectivity index (χ3n) is 3.44. The van der Waals surface area contributed by atoms with Crippen molar-refractivity contribution in [3.05, 3.63) is 48.7 Å². The third-order valence-corrected chi connectivity index (χ3v) is 4.96. The zero-order valence-electron chi connectivity index (χ0n) is 12.3. The summed E-state index contributed by atoms with van der Waals surface area (Å²) >= 11 is 2.50. The van der Waals surface area contributed by atoms with Gasteiger partial charge in [0.25, 0.3) is 0 Å². The second-order valence-electron chi connectivity index (χ2n) is 5.01. The molecule has 2 heterocycles. The van der Waals surface area contributed by atoms with Crippen LogP contribution in [0, 0.1) is 0 Å². The molecule has 0 aliphatic rings. The number of hydrogen-bond acceptors (Lipinski definition) is 7. The molecule has 0 spiro atoms. The fourth-order valence-corrected chi connectivity index (χ4v) is 3.67. The van der Waals surface area contributed by atoms with Gasteiger partial charge in [-0.05, 0) is 12.1 Å². The zero-order valence-corrected chi connectivity index (χ0v) is 14.0. The second kappa shape index (κ2) is 6.50. The molecule has 0 aliphatic carbocycles. The number of nitrogens with zero attached hydrogens (tertiary/aromatic N) is 4. The number of rotatable bonds is 4. The van der Waals surface area contributed by atoms with E-state index in [2.05, 4.69) is 24.3 Å². The lowest BCUT2D eigenvalue weighted by Crippen LogP contribution is -2.14. The van der Waals surface area contributed by atoms with Crippen molar-refractivity contribution in [2.75, 3.05) is 11.1 Å². The highest BCUT2D eigenvalue weighted by atomic mass is 32.2. The van der Waals surface area contributed by atoms with Gasteiger partial charge in [0.2, 0.25) is 5.91 Å². The first-order valence-electron chi connectivity index (χ1n) is 7.15. The van der Waals surface area contributed by atoms with Crippen molar-refractivity contribution >= 4 is 56.9 Å². The summed E-state index contributed by atoms with van der Waals surface area (Å²) < 4.78 is 8.39. The Balaban J connectivity index is 1.49. The Morgan fingerprint density at radius 2 is 2.04 bits per heavy atom. The molecule has 24 heavy (non-hydrogen) atoms. The zero-order chi connectivity index (χ0) is 16.4. The molecule has 0 fully saturated rings. The van der Waals surface area contributed by atoms with Gasteiger partial charge in [0.05, 0.1) is 29.4 Å². The van der Waals surface area contributed by atoms with Crippen molar-refractivity contribution in [1.82, 2.24) is 18.9 Å². The molecular weight excluding hydrogens is 342 g/mol. The van der Waals surface area contributed by atoms with Crippen LogP contribution in [0.4, 0.5) is 5.69 Å². The molecule has 8 heteroatoms. The molecule has 0 bridgehead atoms. The van der Waals surface area contributed by atoms with Crippen molar-refractivity contribution in [3.8, 4) is 0 Å². The van der Waals surface area contributed by atoms with Gasteiger partial charge in [-0.2, -0.15) is 13.8 Å². The summed E-state index contributed by atoms with van der Waals surface area (Å²) in [5.74, 6) is 0.131. The third kappa shape index (κ3) is 2.93. The van der Waals surface area contributed by atoms with Gasteiger partial charge in [-0.25, -0.2) is 0 Å². The Labute approximate surface area is 145 Å². The molecule has 0 atom stereocenters. The van der Waals surface area contributed by atoms with E-state index in [0.29, 0.717) is 11.2 Å². The first kappa shape index (κ1) is 15.0. The van der Waals surface area contributed by atoms with Crippen molar-refractivity contribution in [1.29, 1.82) is 0 Å². The molecular formula is C16H11N5OS2. The minimum absolute atomic E-state index is 0.116. The highest BCUT2D eigenvalue weighted by molar-refractivity contribution is 8.00. The van der Waals surface area contributed by atoms with Crippen molar-refractivity contribution in [2.45, 2.75) is 5.03 Å². The van der Waals surface area contributed by atoms with E-state index in [-0.39, 0.29) is 11.7 Å². The fraction of sp³-hybridized carbons (Fsp3) is 0.0625. The van der Waals surface area contributed by atoms with Gasteiger partial charge in [-0.15, -0.1) is 5.10 Å². The van der Waals surface area contributed by atoms with Crippen LogP contribution in [0.5, 0.6) is 0 Å². The van der Waals surface area contributed by atoms with Crippen molar-refractivity contribution in [2.24, 2.45) is 0 Å². The molecule has 4 aromatic rings. The molecule has 1 N–H and O–H groups in total. The fourth-order valence-electron chi connectivity index (χ4n) is 2.34. The van der Waals surface area contributed by atoms with Gasteiger partial charge in [0.15, 0.2) is 0 Å². The molecule has 6 nitrogen and oxygen atoms in total. The molecule has 0 aliphatic heterocycles. The molecule has 0 unspecified atom stereocenters.